The van der Waals surface area contributed by atoms with Gasteiger partial charge in [0.25, 0.3) is 0 Å². The maximum absolute atomic E-state index is 12.3. The molecule has 1 aliphatic heterocycles. The Balaban J connectivity index is 1.54. The van der Waals surface area contributed by atoms with Crippen LogP contribution in [0, 0.1) is 19.8 Å². The van der Waals surface area contributed by atoms with Crippen LogP contribution in [0.25, 0.3) is 11.0 Å². The van der Waals surface area contributed by atoms with Crippen molar-refractivity contribution >= 4 is 16.9 Å². The van der Waals surface area contributed by atoms with Crippen LogP contribution in [0.4, 0.5) is 0 Å². The number of hydrogen-bond acceptors (Lipinski definition) is 4. The van der Waals surface area contributed by atoms with Crippen molar-refractivity contribution in [1.29, 1.82) is 0 Å². The lowest BCUT2D eigenvalue weighted by atomic mass is 10.0. The number of hydrogen-bond donors (Lipinski definition) is 0. The van der Waals surface area contributed by atoms with Gasteiger partial charge in [-0.1, -0.05) is 0 Å². The molecule has 2 aliphatic rings. The molecule has 1 aromatic heterocycles. The Labute approximate surface area is 153 Å². The van der Waals surface area contributed by atoms with E-state index in [1.807, 2.05) is 17.9 Å². The van der Waals surface area contributed by atoms with E-state index in [1.165, 1.54) is 5.56 Å². The number of carbonyl (C=O) groups excluding carboxylic acids is 1. The van der Waals surface area contributed by atoms with Gasteiger partial charge in [-0.3, -0.25) is 9.69 Å². The Hall–Kier alpha value is -2.14. The highest BCUT2D eigenvalue weighted by Gasteiger charge is 2.33. The maximum Gasteiger partial charge on any atom is 0.336 e. The highest BCUT2D eigenvalue weighted by Crippen LogP contribution is 2.31. The standard InChI is InChI=1S/C21H26N2O3/c1-14-10-18-17(12-20(24)26-19(18)11-15(14)2)13-22-6-3-7-23(9-8-22)21(25)16-4-5-16/h10-12,16H,3-9,13H2,1-2H3. The number of carbonyl (C=O) groups is 1. The number of aryl methyl sites for hydroxylation is 2. The lowest BCUT2D eigenvalue weighted by Crippen LogP contribution is -2.36. The smallest absolute Gasteiger partial charge is 0.336 e. The molecule has 0 spiro atoms. The van der Waals surface area contributed by atoms with E-state index in [1.54, 1.807) is 6.07 Å². The molecule has 0 radical (unpaired) electrons. The van der Waals surface area contributed by atoms with Crippen LogP contribution >= 0.6 is 0 Å². The molecule has 1 saturated carbocycles. The summed E-state index contributed by atoms with van der Waals surface area (Å²) in [6, 6.07) is 5.69. The molecule has 1 aliphatic carbocycles. The SMILES string of the molecule is Cc1cc2oc(=O)cc(CN3CCCN(C(=O)C4CC4)CC3)c2cc1C. The van der Waals surface area contributed by atoms with Gasteiger partial charge >= 0.3 is 5.63 Å². The van der Waals surface area contributed by atoms with Gasteiger partial charge in [0.1, 0.15) is 5.58 Å². The van der Waals surface area contributed by atoms with Crippen LogP contribution in [0.15, 0.2) is 27.4 Å². The number of amides is 1. The van der Waals surface area contributed by atoms with E-state index < -0.39 is 0 Å². The second kappa shape index (κ2) is 6.88. The van der Waals surface area contributed by atoms with Crippen LogP contribution in [0.1, 0.15) is 36.0 Å². The zero-order valence-electron chi connectivity index (χ0n) is 15.6. The first-order chi connectivity index (χ1) is 12.5. The van der Waals surface area contributed by atoms with Crippen LogP contribution in [0.5, 0.6) is 0 Å². The fourth-order valence-electron chi connectivity index (χ4n) is 3.79. The molecule has 1 aromatic carbocycles. The molecule has 1 saturated heterocycles. The molecular weight excluding hydrogens is 328 g/mol. The number of rotatable bonds is 3. The van der Waals surface area contributed by atoms with Gasteiger partial charge in [-0.05, 0) is 61.9 Å². The first-order valence-electron chi connectivity index (χ1n) is 9.56. The molecule has 138 valence electrons. The molecule has 5 nitrogen and oxygen atoms in total. The zero-order valence-corrected chi connectivity index (χ0v) is 15.6. The van der Waals surface area contributed by atoms with Gasteiger partial charge in [-0.25, -0.2) is 4.79 Å². The fourth-order valence-corrected chi connectivity index (χ4v) is 3.79. The number of nitrogens with zero attached hydrogens (tertiary/aromatic N) is 2. The van der Waals surface area contributed by atoms with E-state index in [0.29, 0.717) is 11.5 Å². The van der Waals surface area contributed by atoms with E-state index >= 15 is 0 Å². The van der Waals surface area contributed by atoms with Gasteiger partial charge in [0.05, 0.1) is 0 Å². The average Bonchev–Trinajstić information content (AvgIpc) is 3.43. The summed E-state index contributed by atoms with van der Waals surface area (Å²) in [5.74, 6) is 0.624. The number of fused-ring (bicyclic) bond motifs is 1. The van der Waals surface area contributed by atoms with Crippen LogP contribution in [-0.2, 0) is 11.3 Å². The molecule has 26 heavy (non-hydrogen) atoms. The normalized spacial score (nSPS) is 18.9. The monoisotopic (exact) mass is 354 g/mol. The van der Waals surface area contributed by atoms with Gasteiger partial charge in [-0.15, -0.1) is 0 Å². The Morgan fingerprint density at radius 3 is 2.62 bits per heavy atom. The highest BCUT2D eigenvalue weighted by molar-refractivity contribution is 5.82. The number of benzene rings is 1. The molecule has 4 rings (SSSR count). The van der Waals surface area contributed by atoms with Gasteiger partial charge in [0.15, 0.2) is 0 Å². The molecular formula is C21H26N2O3. The van der Waals surface area contributed by atoms with E-state index in [-0.39, 0.29) is 11.5 Å². The predicted octanol–water partition coefficient (Wildman–Crippen LogP) is 2.85. The summed E-state index contributed by atoms with van der Waals surface area (Å²) in [6.07, 6.45) is 3.10. The summed E-state index contributed by atoms with van der Waals surface area (Å²) in [4.78, 5) is 28.7. The van der Waals surface area contributed by atoms with Crippen molar-refractivity contribution in [3.05, 3.63) is 45.3 Å². The Bertz CT molecular complexity index is 898. The van der Waals surface area contributed by atoms with E-state index in [4.69, 9.17) is 4.42 Å². The van der Waals surface area contributed by atoms with Crippen molar-refractivity contribution in [2.75, 3.05) is 26.2 Å². The Kier molecular flexibility index (Phi) is 4.57. The van der Waals surface area contributed by atoms with Crippen LogP contribution in [0.3, 0.4) is 0 Å². The van der Waals surface area contributed by atoms with Crippen molar-refractivity contribution in [2.45, 2.75) is 39.7 Å². The van der Waals surface area contributed by atoms with Crippen molar-refractivity contribution in [3.63, 3.8) is 0 Å². The molecule has 2 aromatic rings. The topological polar surface area (TPSA) is 53.8 Å². The molecule has 0 bridgehead atoms. The van der Waals surface area contributed by atoms with Gasteiger partial charge in [0.2, 0.25) is 5.91 Å². The Morgan fingerprint density at radius 2 is 1.85 bits per heavy atom. The summed E-state index contributed by atoms with van der Waals surface area (Å²) >= 11 is 0. The summed E-state index contributed by atoms with van der Waals surface area (Å²) in [5, 5.41) is 1.02. The van der Waals surface area contributed by atoms with E-state index in [2.05, 4.69) is 17.9 Å². The first kappa shape index (κ1) is 17.3. The third-order valence-electron chi connectivity index (χ3n) is 5.67. The summed E-state index contributed by atoms with van der Waals surface area (Å²) in [5.41, 5.74) is 3.71. The Morgan fingerprint density at radius 1 is 1.08 bits per heavy atom. The first-order valence-corrected chi connectivity index (χ1v) is 9.56. The average molecular weight is 354 g/mol. The van der Waals surface area contributed by atoms with Gasteiger partial charge in [0, 0.05) is 50.1 Å². The lowest BCUT2D eigenvalue weighted by Gasteiger charge is -2.22. The largest absolute Gasteiger partial charge is 0.423 e. The van der Waals surface area contributed by atoms with Crippen molar-refractivity contribution < 1.29 is 9.21 Å². The lowest BCUT2D eigenvalue weighted by molar-refractivity contribution is -0.132. The zero-order chi connectivity index (χ0) is 18.3. The second-order valence-electron chi connectivity index (χ2n) is 7.75. The molecule has 1 amide bonds. The van der Waals surface area contributed by atoms with Crippen LogP contribution in [-0.4, -0.2) is 41.9 Å². The molecule has 0 unspecified atom stereocenters. The quantitative estimate of drug-likeness (QED) is 0.796. The molecule has 2 fully saturated rings. The van der Waals surface area contributed by atoms with Crippen molar-refractivity contribution in [3.8, 4) is 0 Å². The summed E-state index contributed by atoms with van der Waals surface area (Å²) in [7, 11) is 0. The summed E-state index contributed by atoms with van der Waals surface area (Å²) in [6.45, 7) is 8.26. The molecule has 0 atom stereocenters. The van der Waals surface area contributed by atoms with E-state index in [9.17, 15) is 9.59 Å². The van der Waals surface area contributed by atoms with Gasteiger partial charge in [-0.2, -0.15) is 0 Å². The molecule has 0 N–H and O–H groups in total. The third-order valence-corrected chi connectivity index (χ3v) is 5.67. The fraction of sp³-hybridized carbons (Fsp3) is 0.524. The predicted molar refractivity (Wildman–Crippen MR) is 101 cm³/mol. The third kappa shape index (κ3) is 3.54. The second-order valence-corrected chi connectivity index (χ2v) is 7.75. The van der Waals surface area contributed by atoms with Gasteiger partial charge < -0.3 is 9.32 Å². The van der Waals surface area contributed by atoms with Crippen LogP contribution in [0.2, 0.25) is 0 Å². The van der Waals surface area contributed by atoms with Crippen molar-refractivity contribution in [2.24, 2.45) is 5.92 Å². The maximum atomic E-state index is 12.3. The van der Waals surface area contributed by atoms with Crippen molar-refractivity contribution in [1.82, 2.24) is 9.80 Å². The highest BCUT2D eigenvalue weighted by atomic mass is 16.4. The van der Waals surface area contributed by atoms with Crippen LogP contribution < -0.4 is 5.63 Å². The molecule has 5 heteroatoms. The minimum atomic E-state index is -0.295. The van der Waals surface area contributed by atoms with E-state index in [0.717, 1.165) is 68.5 Å². The minimum Gasteiger partial charge on any atom is -0.423 e. The minimum absolute atomic E-state index is 0.287. The summed E-state index contributed by atoms with van der Waals surface area (Å²) < 4.78 is 5.41. The molecule has 2 heterocycles.